The van der Waals surface area contributed by atoms with Crippen molar-refractivity contribution in [3.05, 3.63) is 34.1 Å². The second-order valence-corrected chi connectivity index (χ2v) is 3.39. The van der Waals surface area contributed by atoms with Gasteiger partial charge >= 0.3 is 0 Å². The highest BCUT2D eigenvalue weighted by Gasteiger charge is 2.29. The average molecular weight is 254 g/mol. The van der Waals surface area contributed by atoms with Gasteiger partial charge in [-0.2, -0.15) is 8.78 Å². The zero-order chi connectivity index (χ0) is 10.1. The Hall–Kier alpha value is -0.550. The maximum atomic E-state index is 12.9. The second kappa shape index (κ2) is 3.67. The van der Waals surface area contributed by atoms with E-state index in [9.17, 15) is 13.2 Å². The molecule has 0 saturated heterocycles. The van der Waals surface area contributed by atoms with Gasteiger partial charge in [0.25, 0.3) is 5.92 Å². The summed E-state index contributed by atoms with van der Waals surface area (Å²) in [4.78, 5) is 0. The number of rotatable bonds is 2. The number of alkyl halides is 2. The van der Waals surface area contributed by atoms with Gasteiger partial charge in [-0.15, -0.1) is 0 Å². The van der Waals surface area contributed by atoms with E-state index in [2.05, 4.69) is 15.9 Å². The molecule has 0 fully saturated rings. The first kappa shape index (κ1) is 10.5. The second-order valence-electron chi connectivity index (χ2n) is 2.54. The van der Waals surface area contributed by atoms with Crippen LogP contribution in [-0.4, -0.2) is 6.54 Å². The maximum Gasteiger partial charge on any atom is 0.285 e. The van der Waals surface area contributed by atoms with Gasteiger partial charge in [-0.1, -0.05) is 6.07 Å². The van der Waals surface area contributed by atoms with E-state index in [0.717, 1.165) is 18.2 Å². The first-order valence-electron chi connectivity index (χ1n) is 3.51. The molecule has 0 unspecified atom stereocenters. The van der Waals surface area contributed by atoms with Crippen molar-refractivity contribution in [3.8, 4) is 0 Å². The van der Waals surface area contributed by atoms with Crippen LogP contribution in [0.15, 0.2) is 22.7 Å². The highest BCUT2D eigenvalue weighted by molar-refractivity contribution is 9.10. The van der Waals surface area contributed by atoms with Crippen molar-refractivity contribution >= 4 is 15.9 Å². The smallest absolute Gasteiger partial charge is 0.285 e. The third kappa shape index (κ3) is 2.22. The third-order valence-electron chi connectivity index (χ3n) is 1.60. The zero-order valence-corrected chi connectivity index (χ0v) is 8.11. The van der Waals surface area contributed by atoms with E-state index >= 15 is 0 Å². The summed E-state index contributed by atoms with van der Waals surface area (Å²) in [6.07, 6.45) is 0. The van der Waals surface area contributed by atoms with E-state index in [1.165, 1.54) is 0 Å². The maximum absolute atomic E-state index is 12.9. The predicted octanol–water partition coefficient (Wildman–Crippen LogP) is 2.64. The van der Waals surface area contributed by atoms with Crippen molar-refractivity contribution in [3.63, 3.8) is 0 Å². The Labute approximate surface area is 81.9 Å². The van der Waals surface area contributed by atoms with Crippen LogP contribution < -0.4 is 5.73 Å². The molecule has 13 heavy (non-hydrogen) atoms. The van der Waals surface area contributed by atoms with E-state index in [-0.39, 0.29) is 10.0 Å². The number of hydrogen-bond donors (Lipinski definition) is 1. The summed E-state index contributed by atoms with van der Waals surface area (Å²) in [5, 5.41) is 0. The summed E-state index contributed by atoms with van der Waals surface area (Å²) in [7, 11) is 0. The fraction of sp³-hybridized carbons (Fsp3) is 0.250. The fourth-order valence-corrected chi connectivity index (χ4v) is 1.22. The average Bonchev–Trinajstić information content (AvgIpc) is 2.09. The van der Waals surface area contributed by atoms with Crippen LogP contribution in [0.1, 0.15) is 5.56 Å². The summed E-state index contributed by atoms with van der Waals surface area (Å²) in [5.74, 6) is -3.67. The van der Waals surface area contributed by atoms with E-state index < -0.39 is 18.3 Å². The Morgan fingerprint density at radius 2 is 2.00 bits per heavy atom. The minimum absolute atomic E-state index is 0.0122. The van der Waals surface area contributed by atoms with E-state index in [1.807, 2.05) is 0 Å². The number of halogens is 4. The van der Waals surface area contributed by atoms with E-state index in [1.54, 1.807) is 0 Å². The topological polar surface area (TPSA) is 26.0 Å². The minimum Gasteiger partial charge on any atom is -0.325 e. The van der Waals surface area contributed by atoms with Gasteiger partial charge in [0.1, 0.15) is 5.82 Å². The lowest BCUT2D eigenvalue weighted by Gasteiger charge is -2.14. The van der Waals surface area contributed by atoms with E-state index in [0.29, 0.717) is 0 Å². The summed E-state index contributed by atoms with van der Waals surface area (Å²) >= 11 is 2.82. The van der Waals surface area contributed by atoms with Gasteiger partial charge in [0, 0.05) is 5.56 Å². The minimum atomic E-state index is -3.10. The molecule has 5 heteroatoms. The molecule has 1 rings (SSSR count). The SMILES string of the molecule is NCC(F)(F)c1ccc(F)c(Br)c1. The van der Waals surface area contributed by atoms with Crippen LogP contribution in [0.4, 0.5) is 13.2 Å². The Morgan fingerprint density at radius 3 is 2.46 bits per heavy atom. The standard InChI is InChI=1S/C8H7BrF3N/c9-6-3-5(1-2-7(6)10)8(11,12)4-13/h1-3H,4,13H2. The molecular formula is C8H7BrF3N. The molecule has 0 bridgehead atoms. The van der Waals surface area contributed by atoms with Crippen molar-refractivity contribution in [2.24, 2.45) is 5.73 Å². The van der Waals surface area contributed by atoms with Crippen molar-refractivity contribution in [1.29, 1.82) is 0 Å². The molecule has 0 radical (unpaired) electrons. The monoisotopic (exact) mass is 253 g/mol. The molecule has 1 nitrogen and oxygen atoms in total. The molecule has 2 N–H and O–H groups in total. The summed E-state index contributed by atoms with van der Waals surface area (Å²) in [5.41, 5.74) is 4.58. The normalized spacial score (nSPS) is 11.8. The molecule has 0 aliphatic rings. The molecule has 0 amide bonds. The van der Waals surface area contributed by atoms with Crippen LogP contribution in [0.3, 0.4) is 0 Å². The molecule has 0 spiro atoms. The lowest BCUT2D eigenvalue weighted by molar-refractivity contribution is 0.00583. The Balaban J connectivity index is 3.10. The van der Waals surface area contributed by atoms with Crippen LogP contribution in [0, 0.1) is 5.82 Å². The molecule has 1 aromatic rings. The highest BCUT2D eigenvalue weighted by atomic mass is 79.9. The third-order valence-corrected chi connectivity index (χ3v) is 2.21. The molecule has 0 heterocycles. The molecule has 0 aromatic heterocycles. The van der Waals surface area contributed by atoms with Crippen LogP contribution in [0.2, 0.25) is 0 Å². The molecule has 0 saturated carbocycles. The first-order chi connectivity index (χ1) is 5.97. The van der Waals surface area contributed by atoms with Gasteiger partial charge < -0.3 is 5.73 Å². The van der Waals surface area contributed by atoms with Crippen molar-refractivity contribution < 1.29 is 13.2 Å². The van der Waals surface area contributed by atoms with Gasteiger partial charge in [0.2, 0.25) is 0 Å². The molecule has 0 atom stereocenters. The van der Waals surface area contributed by atoms with E-state index in [4.69, 9.17) is 5.73 Å². The quantitative estimate of drug-likeness (QED) is 0.862. The number of nitrogens with two attached hydrogens (primary N) is 1. The molecular weight excluding hydrogens is 247 g/mol. The van der Waals surface area contributed by atoms with Crippen LogP contribution in [0.5, 0.6) is 0 Å². The summed E-state index contributed by atoms with van der Waals surface area (Å²) < 4.78 is 38.5. The van der Waals surface area contributed by atoms with Crippen LogP contribution in [0.25, 0.3) is 0 Å². The highest BCUT2D eigenvalue weighted by Crippen LogP contribution is 2.29. The van der Waals surface area contributed by atoms with Gasteiger partial charge in [0.15, 0.2) is 0 Å². The Kier molecular flexibility index (Phi) is 2.98. The lowest BCUT2D eigenvalue weighted by Crippen LogP contribution is -2.25. The van der Waals surface area contributed by atoms with Gasteiger partial charge in [-0.05, 0) is 28.1 Å². The van der Waals surface area contributed by atoms with Crippen molar-refractivity contribution in [1.82, 2.24) is 0 Å². The van der Waals surface area contributed by atoms with Gasteiger partial charge in [-0.25, -0.2) is 4.39 Å². The largest absolute Gasteiger partial charge is 0.325 e. The molecule has 0 aliphatic carbocycles. The first-order valence-corrected chi connectivity index (χ1v) is 4.30. The van der Waals surface area contributed by atoms with Crippen molar-refractivity contribution in [2.45, 2.75) is 5.92 Å². The van der Waals surface area contributed by atoms with Gasteiger partial charge in [-0.3, -0.25) is 0 Å². The van der Waals surface area contributed by atoms with Crippen LogP contribution >= 0.6 is 15.9 Å². The predicted molar refractivity (Wildman–Crippen MR) is 47.0 cm³/mol. The fourth-order valence-electron chi connectivity index (χ4n) is 0.841. The number of benzene rings is 1. The Morgan fingerprint density at radius 1 is 1.38 bits per heavy atom. The molecule has 0 aliphatic heterocycles. The van der Waals surface area contributed by atoms with Gasteiger partial charge in [0.05, 0.1) is 11.0 Å². The zero-order valence-electron chi connectivity index (χ0n) is 6.53. The van der Waals surface area contributed by atoms with Crippen LogP contribution in [-0.2, 0) is 5.92 Å². The Bertz CT molecular complexity index is 314. The summed E-state index contributed by atoms with van der Waals surface area (Å²) in [6, 6.07) is 3.03. The molecule has 72 valence electrons. The summed E-state index contributed by atoms with van der Waals surface area (Å²) in [6.45, 7) is -0.787. The number of hydrogen-bond acceptors (Lipinski definition) is 1. The van der Waals surface area contributed by atoms with Crippen molar-refractivity contribution in [2.75, 3.05) is 6.54 Å². The lowest BCUT2D eigenvalue weighted by atomic mass is 10.1. The molecule has 1 aromatic carbocycles.